The molecule has 0 atom stereocenters. The Balaban J connectivity index is 2.50. The molecule has 0 amide bonds. The predicted octanol–water partition coefficient (Wildman–Crippen LogP) is 1.40. The van der Waals surface area contributed by atoms with Crippen molar-refractivity contribution in [2.75, 3.05) is 13.7 Å². The number of hydrogen-bond donors (Lipinski definition) is 0. The Morgan fingerprint density at radius 1 is 1.69 bits per heavy atom. The summed E-state index contributed by atoms with van der Waals surface area (Å²) in [6.45, 7) is -0.125. The Bertz CT molecular complexity index is 303. The van der Waals surface area contributed by atoms with Gasteiger partial charge in [-0.2, -0.15) is 0 Å². The average molecular weight is 246 g/mol. The van der Waals surface area contributed by atoms with Gasteiger partial charge in [-0.3, -0.25) is 0 Å². The quantitative estimate of drug-likeness (QED) is 0.756. The third-order valence-electron chi connectivity index (χ3n) is 1.26. The van der Waals surface area contributed by atoms with Crippen LogP contribution in [0.2, 0.25) is 0 Å². The predicted molar refractivity (Wildman–Crippen MR) is 49.4 cm³/mol. The highest BCUT2D eigenvalue weighted by molar-refractivity contribution is 9.10. The zero-order chi connectivity index (χ0) is 9.68. The number of ether oxygens (including phenoxy) is 2. The maximum atomic E-state index is 10.7. The molecule has 1 heterocycles. The molecular formula is C8H8BrNO3. The summed E-state index contributed by atoms with van der Waals surface area (Å²) < 4.78 is 10.3. The molecule has 0 bridgehead atoms. The van der Waals surface area contributed by atoms with Crippen molar-refractivity contribution in [3.8, 4) is 5.88 Å². The number of nitrogens with zero attached hydrogens (tertiary/aromatic N) is 1. The van der Waals surface area contributed by atoms with Gasteiger partial charge in [0.05, 0.1) is 7.11 Å². The molecule has 0 unspecified atom stereocenters. The van der Waals surface area contributed by atoms with Gasteiger partial charge in [0.25, 0.3) is 0 Å². The molecule has 0 saturated heterocycles. The minimum Gasteiger partial charge on any atom is -0.466 e. The van der Waals surface area contributed by atoms with Gasteiger partial charge in [-0.15, -0.1) is 0 Å². The van der Waals surface area contributed by atoms with E-state index in [1.165, 1.54) is 7.11 Å². The average Bonchev–Trinajstić information content (AvgIpc) is 2.14. The Labute approximate surface area is 84.0 Å². The summed E-state index contributed by atoms with van der Waals surface area (Å²) in [5.41, 5.74) is 0. The Kier molecular flexibility index (Phi) is 3.70. The van der Waals surface area contributed by atoms with Crippen molar-refractivity contribution in [1.82, 2.24) is 4.98 Å². The van der Waals surface area contributed by atoms with E-state index in [2.05, 4.69) is 25.7 Å². The van der Waals surface area contributed by atoms with Crippen molar-refractivity contribution in [3.63, 3.8) is 0 Å². The standard InChI is InChI=1S/C8H8BrNO3/c1-12-8(11)5-13-7-4-6(9)2-3-10-7/h2-4H,5H2,1H3. The van der Waals surface area contributed by atoms with Crippen LogP contribution in [0.25, 0.3) is 0 Å². The molecule has 1 aromatic rings. The third kappa shape index (κ3) is 3.42. The summed E-state index contributed by atoms with van der Waals surface area (Å²) in [5.74, 6) is -0.0402. The number of carbonyl (C=O) groups is 1. The molecule has 0 spiro atoms. The van der Waals surface area contributed by atoms with Crippen LogP contribution in [0.4, 0.5) is 0 Å². The highest BCUT2D eigenvalue weighted by atomic mass is 79.9. The molecule has 0 saturated carbocycles. The molecule has 70 valence electrons. The summed E-state index contributed by atoms with van der Waals surface area (Å²) in [6, 6.07) is 3.44. The lowest BCUT2D eigenvalue weighted by atomic mass is 10.5. The summed E-state index contributed by atoms with van der Waals surface area (Å²) in [6.07, 6.45) is 1.58. The molecule has 0 aliphatic carbocycles. The fourth-order valence-electron chi connectivity index (χ4n) is 0.656. The molecule has 1 rings (SSSR count). The van der Waals surface area contributed by atoms with Crippen LogP contribution in [0.1, 0.15) is 0 Å². The molecule has 0 N–H and O–H groups in total. The van der Waals surface area contributed by atoms with Gasteiger partial charge in [0, 0.05) is 16.7 Å². The summed E-state index contributed by atoms with van der Waals surface area (Å²) in [7, 11) is 1.31. The molecule has 0 fully saturated rings. The zero-order valence-electron chi connectivity index (χ0n) is 6.99. The van der Waals surface area contributed by atoms with Crippen molar-refractivity contribution < 1.29 is 14.3 Å². The number of methoxy groups -OCH3 is 1. The molecule has 1 aromatic heterocycles. The van der Waals surface area contributed by atoms with Crippen LogP contribution in [0.5, 0.6) is 5.88 Å². The van der Waals surface area contributed by atoms with Gasteiger partial charge in [-0.05, 0) is 6.07 Å². The van der Waals surface area contributed by atoms with Crippen LogP contribution in [0.15, 0.2) is 22.8 Å². The summed E-state index contributed by atoms with van der Waals surface area (Å²) in [5, 5.41) is 0. The van der Waals surface area contributed by atoms with Gasteiger partial charge in [-0.1, -0.05) is 15.9 Å². The van der Waals surface area contributed by atoms with E-state index < -0.39 is 5.97 Å². The van der Waals surface area contributed by atoms with E-state index >= 15 is 0 Å². The second-order valence-corrected chi connectivity index (χ2v) is 3.09. The van der Waals surface area contributed by atoms with E-state index in [-0.39, 0.29) is 6.61 Å². The highest BCUT2D eigenvalue weighted by Gasteiger charge is 2.02. The van der Waals surface area contributed by atoms with E-state index in [1.807, 2.05) is 0 Å². The molecule has 0 aliphatic heterocycles. The van der Waals surface area contributed by atoms with Gasteiger partial charge in [0.15, 0.2) is 6.61 Å². The number of halogens is 1. The van der Waals surface area contributed by atoms with Crippen molar-refractivity contribution in [2.24, 2.45) is 0 Å². The van der Waals surface area contributed by atoms with Crippen LogP contribution in [0.3, 0.4) is 0 Å². The van der Waals surface area contributed by atoms with Crippen LogP contribution < -0.4 is 4.74 Å². The Morgan fingerprint density at radius 3 is 3.08 bits per heavy atom. The monoisotopic (exact) mass is 245 g/mol. The maximum absolute atomic E-state index is 10.7. The highest BCUT2D eigenvalue weighted by Crippen LogP contribution is 2.14. The number of pyridine rings is 1. The first-order valence-corrected chi connectivity index (χ1v) is 4.33. The van der Waals surface area contributed by atoms with Crippen LogP contribution >= 0.6 is 15.9 Å². The van der Waals surface area contributed by atoms with Crippen LogP contribution in [-0.4, -0.2) is 24.7 Å². The van der Waals surface area contributed by atoms with Crippen molar-refractivity contribution >= 4 is 21.9 Å². The van der Waals surface area contributed by atoms with Gasteiger partial charge >= 0.3 is 5.97 Å². The molecule has 0 aliphatic rings. The third-order valence-corrected chi connectivity index (χ3v) is 1.76. The lowest BCUT2D eigenvalue weighted by molar-refractivity contribution is -0.143. The summed E-state index contributed by atoms with van der Waals surface area (Å²) in [4.78, 5) is 14.6. The second-order valence-electron chi connectivity index (χ2n) is 2.18. The van der Waals surface area contributed by atoms with Gasteiger partial charge in [0.2, 0.25) is 5.88 Å². The fourth-order valence-corrected chi connectivity index (χ4v) is 0.970. The topological polar surface area (TPSA) is 48.4 Å². The van der Waals surface area contributed by atoms with Gasteiger partial charge in [0.1, 0.15) is 0 Å². The molecule has 4 nitrogen and oxygen atoms in total. The van der Waals surface area contributed by atoms with Crippen molar-refractivity contribution in [3.05, 3.63) is 22.8 Å². The first kappa shape index (κ1) is 9.98. The SMILES string of the molecule is COC(=O)COc1cc(Br)ccn1. The minimum atomic E-state index is -0.429. The minimum absolute atomic E-state index is 0.125. The zero-order valence-corrected chi connectivity index (χ0v) is 8.58. The first-order valence-electron chi connectivity index (χ1n) is 3.53. The van der Waals surface area contributed by atoms with E-state index in [1.54, 1.807) is 18.3 Å². The second kappa shape index (κ2) is 4.81. The molecular weight excluding hydrogens is 238 g/mol. The normalized spacial score (nSPS) is 9.38. The maximum Gasteiger partial charge on any atom is 0.343 e. The van der Waals surface area contributed by atoms with E-state index in [0.717, 1.165) is 4.47 Å². The van der Waals surface area contributed by atoms with Crippen LogP contribution in [0, 0.1) is 0 Å². The van der Waals surface area contributed by atoms with Crippen molar-refractivity contribution in [2.45, 2.75) is 0 Å². The lowest BCUT2D eigenvalue weighted by Crippen LogP contribution is -2.12. The molecule has 0 aromatic carbocycles. The number of esters is 1. The first-order chi connectivity index (χ1) is 6.22. The van der Waals surface area contributed by atoms with Crippen molar-refractivity contribution in [1.29, 1.82) is 0 Å². The number of rotatable bonds is 3. The van der Waals surface area contributed by atoms with Gasteiger partial charge < -0.3 is 9.47 Å². The van der Waals surface area contributed by atoms with Gasteiger partial charge in [-0.25, -0.2) is 9.78 Å². The Hall–Kier alpha value is -1.10. The van der Waals surface area contributed by atoms with E-state index in [4.69, 9.17) is 4.74 Å². The number of hydrogen-bond acceptors (Lipinski definition) is 4. The molecule has 13 heavy (non-hydrogen) atoms. The van der Waals surface area contributed by atoms with Crippen LogP contribution in [-0.2, 0) is 9.53 Å². The molecule has 5 heteroatoms. The van der Waals surface area contributed by atoms with E-state index in [0.29, 0.717) is 5.88 Å². The number of carbonyl (C=O) groups excluding carboxylic acids is 1. The lowest BCUT2D eigenvalue weighted by Gasteiger charge is -2.02. The number of aromatic nitrogens is 1. The fraction of sp³-hybridized carbons (Fsp3) is 0.250. The van der Waals surface area contributed by atoms with E-state index in [9.17, 15) is 4.79 Å². The largest absolute Gasteiger partial charge is 0.466 e. The molecule has 0 radical (unpaired) electrons. The Morgan fingerprint density at radius 2 is 2.46 bits per heavy atom. The summed E-state index contributed by atoms with van der Waals surface area (Å²) >= 11 is 3.25. The smallest absolute Gasteiger partial charge is 0.343 e.